The molecule has 0 amide bonds. The number of Topliss-reactive ketones (excluding diaryl/α,β-unsaturated/α-hetero) is 1. The molecular weight excluding hydrogens is 254 g/mol. The van der Waals surface area contributed by atoms with Gasteiger partial charge in [0, 0.05) is 5.56 Å². The van der Waals surface area contributed by atoms with Gasteiger partial charge in [0.15, 0.2) is 5.78 Å². The van der Waals surface area contributed by atoms with E-state index in [2.05, 4.69) is 0 Å². The Morgan fingerprint density at radius 3 is 2.30 bits per heavy atom. The van der Waals surface area contributed by atoms with E-state index >= 15 is 0 Å². The number of hydrogen-bond acceptors (Lipinski definition) is 3. The first-order valence-electron chi connectivity index (χ1n) is 6.23. The van der Waals surface area contributed by atoms with Gasteiger partial charge in [0.05, 0.1) is 11.6 Å². The fraction of sp³-hybridized carbons (Fsp3) is 0.125. The number of hydrogen-bond donors (Lipinski definition) is 2. The van der Waals surface area contributed by atoms with Gasteiger partial charge in [-0.25, -0.2) is 4.79 Å². The summed E-state index contributed by atoms with van der Waals surface area (Å²) in [6, 6.07) is 13.2. The molecule has 2 rings (SSSR count). The molecule has 1 atom stereocenters. The first-order chi connectivity index (χ1) is 9.50. The Morgan fingerprint density at radius 2 is 1.75 bits per heavy atom. The quantitative estimate of drug-likeness (QED) is 0.836. The van der Waals surface area contributed by atoms with Crippen LogP contribution in [0.5, 0.6) is 0 Å². The van der Waals surface area contributed by atoms with Crippen LogP contribution in [0, 0.1) is 0 Å². The Bertz CT molecular complexity index is 648. The van der Waals surface area contributed by atoms with Crippen LogP contribution in [0.4, 0.5) is 0 Å². The van der Waals surface area contributed by atoms with Crippen LogP contribution in [-0.2, 0) is 0 Å². The molecule has 0 spiro atoms. The molecule has 0 fully saturated rings. The van der Waals surface area contributed by atoms with Gasteiger partial charge in [0.1, 0.15) is 0 Å². The van der Waals surface area contributed by atoms with Gasteiger partial charge in [-0.15, -0.1) is 0 Å². The highest BCUT2D eigenvalue weighted by atomic mass is 16.4. The highest BCUT2D eigenvalue weighted by Crippen LogP contribution is 2.25. The summed E-state index contributed by atoms with van der Waals surface area (Å²) in [5, 5.41) is 9.05. The molecule has 20 heavy (non-hydrogen) atoms. The van der Waals surface area contributed by atoms with Crippen molar-refractivity contribution >= 4 is 11.8 Å². The van der Waals surface area contributed by atoms with Gasteiger partial charge in [-0.2, -0.15) is 0 Å². The molecule has 2 aromatic rings. The monoisotopic (exact) mass is 269 g/mol. The largest absolute Gasteiger partial charge is 0.478 e. The fourth-order valence-corrected chi connectivity index (χ4v) is 2.00. The third-order valence-corrected chi connectivity index (χ3v) is 3.03. The topological polar surface area (TPSA) is 80.4 Å². The van der Waals surface area contributed by atoms with Gasteiger partial charge in [-0.3, -0.25) is 4.79 Å². The molecule has 0 unspecified atom stereocenters. The molecule has 4 heteroatoms. The van der Waals surface area contributed by atoms with Gasteiger partial charge in [0.2, 0.25) is 0 Å². The van der Waals surface area contributed by atoms with Crippen LogP contribution in [0.3, 0.4) is 0 Å². The SMILES string of the molecule is C[C@H](N)C(=O)c1cc(C(=O)O)ccc1-c1ccccc1. The van der Waals surface area contributed by atoms with Crippen LogP contribution in [-0.4, -0.2) is 22.9 Å². The Kier molecular flexibility index (Phi) is 3.96. The third kappa shape index (κ3) is 2.75. The minimum atomic E-state index is -1.07. The van der Waals surface area contributed by atoms with Crippen LogP contribution in [0.15, 0.2) is 48.5 Å². The zero-order chi connectivity index (χ0) is 14.7. The van der Waals surface area contributed by atoms with Gasteiger partial charge >= 0.3 is 5.97 Å². The number of nitrogens with two attached hydrogens (primary N) is 1. The molecule has 0 aliphatic carbocycles. The molecule has 3 N–H and O–H groups in total. The Hall–Kier alpha value is -2.46. The van der Waals surface area contributed by atoms with Crippen LogP contribution < -0.4 is 5.73 Å². The third-order valence-electron chi connectivity index (χ3n) is 3.03. The van der Waals surface area contributed by atoms with E-state index in [1.807, 2.05) is 30.3 Å². The lowest BCUT2D eigenvalue weighted by Crippen LogP contribution is -2.27. The van der Waals surface area contributed by atoms with Crippen molar-refractivity contribution in [3.05, 3.63) is 59.7 Å². The van der Waals surface area contributed by atoms with Crippen molar-refractivity contribution in [3.8, 4) is 11.1 Å². The summed E-state index contributed by atoms with van der Waals surface area (Å²) in [7, 11) is 0. The van der Waals surface area contributed by atoms with Gasteiger partial charge in [-0.05, 0) is 30.2 Å². The standard InChI is InChI=1S/C16H15NO3/c1-10(17)15(18)14-9-12(16(19)20)7-8-13(14)11-5-3-2-4-6-11/h2-10H,17H2,1H3,(H,19,20)/t10-/m0/s1. The van der Waals surface area contributed by atoms with E-state index in [1.165, 1.54) is 12.1 Å². The van der Waals surface area contributed by atoms with Crippen LogP contribution in [0.1, 0.15) is 27.6 Å². The Balaban J connectivity index is 2.62. The molecule has 0 heterocycles. The molecule has 0 aromatic heterocycles. The molecule has 0 bridgehead atoms. The summed E-state index contributed by atoms with van der Waals surface area (Å²) in [5.41, 5.74) is 7.61. The van der Waals surface area contributed by atoms with Crippen molar-refractivity contribution in [2.75, 3.05) is 0 Å². The van der Waals surface area contributed by atoms with Crippen molar-refractivity contribution in [2.24, 2.45) is 5.73 Å². The van der Waals surface area contributed by atoms with Crippen LogP contribution >= 0.6 is 0 Å². The maximum Gasteiger partial charge on any atom is 0.335 e. The molecule has 0 saturated carbocycles. The van der Waals surface area contributed by atoms with Crippen molar-refractivity contribution in [1.82, 2.24) is 0 Å². The van der Waals surface area contributed by atoms with E-state index in [1.54, 1.807) is 13.0 Å². The first-order valence-corrected chi connectivity index (χ1v) is 6.23. The van der Waals surface area contributed by atoms with E-state index in [-0.39, 0.29) is 11.3 Å². The summed E-state index contributed by atoms with van der Waals surface area (Å²) in [6.45, 7) is 1.59. The number of benzene rings is 2. The molecule has 0 aliphatic rings. The lowest BCUT2D eigenvalue weighted by Gasteiger charge is -2.12. The Morgan fingerprint density at radius 1 is 1.10 bits per heavy atom. The minimum Gasteiger partial charge on any atom is -0.478 e. The summed E-state index contributed by atoms with van der Waals surface area (Å²) in [4.78, 5) is 23.2. The summed E-state index contributed by atoms with van der Waals surface area (Å²) in [6.07, 6.45) is 0. The lowest BCUT2D eigenvalue weighted by molar-refractivity contribution is 0.0697. The van der Waals surface area contributed by atoms with E-state index in [4.69, 9.17) is 10.8 Å². The van der Waals surface area contributed by atoms with Crippen molar-refractivity contribution in [1.29, 1.82) is 0 Å². The average molecular weight is 269 g/mol. The summed E-state index contributed by atoms with van der Waals surface area (Å²) in [5.74, 6) is -1.34. The summed E-state index contributed by atoms with van der Waals surface area (Å²) >= 11 is 0. The highest BCUT2D eigenvalue weighted by molar-refractivity contribution is 6.06. The normalized spacial score (nSPS) is 11.9. The number of carboxylic acid groups (broad SMARTS) is 1. The van der Waals surface area contributed by atoms with Gasteiger partial charge < -0.3 is 10.8 Å². The molecule has 0 saturated heterocycles. The van der Waals surface area contributed by atoms with Crippen molar-refractivity contribution < 1.29 is 14.7 Å². The number of ketones is 1. The van der Waals surface area contributed by atoms with E-state index in [0.717, 1.165) is 5.56 Å². The molecular formula is C16H15NO3. The van der Waals surface area contributed by atoms with Crippen LogP contribution in [0.2, 0.25) is 0 Å². The number of carboxylic acids is 1. The first kappa shape index (κ1) is 14.0. The maximum absolute atomic E-state index is 12.2. The summed E-state index contributed by atoms with van der Waals surface area (Å²) < 4.78 is 0. The predicted octanol–water partition coefficient (Wildman–Crippen LogP) is 2.58. The average Bonchev–Trinajstić information content (AvgIpc) is 2.46. The van der Waals surface area contributed by atoms with Crippen molar-refractivity contribution in [2.45, 2.75) is 13.0 Å². The number of aromatic carboxylic acids is 1. The molecule has 0 aliphatic heterocycles. The van der Waals surface area contributed by atoms with Crippen LogP contribution in [0.25, 0.3) is 11.1 Å². The second kappa shape index (κ2) is 5.67. The minimum absolute atomic E-state index is 0.0775. The second-order valence-corrected chi connectivity index (χ2v) is 4.58. The molecule has 2 aromatic carbocycles. The molecule has 4 nitrogen and oxygen atoms in total. The smallest absolute Gasteiger partial charge is 0.335 e. The van der Waals surface area contributed by atoms with E-state index in [9.17, 15) is 9.59 Å². The molecule has 0 radical (unpaired) electrons. The van der Waals surface area contributed by atoms with E-state index in [0.29, 0.717) is 11.1 Å². The molecule has 102 valence electrons. The number of carbonyl (C=O) groups excluding carboxylic acids is 1. The lowest BCUT2D eigenvalue weighted by atomic mass is 9.93. The second-order valence-electron chi connectivity index (χ2n) is 4.58. The zero-order valence-electron chi connectivity index (χ0n) is 11.0. The van der Waals surface area contributed by atoms with Crippen molar-refractivity contribution in [3.63, 3.8) is 0 Å². The van der Waals surface area contributed by atoms with Gasteiger partial charge in [-0.1, -0.05) is 36.4 Å². The number of rotatable bonds is 4. The van der Waals surface area contributed by atoms with Gasteiger partial charge in [0.25, 0.3) is 0 Å². The Labute approximate surface area is 116 Å². The van der Waals surface area contributed by atoms with E-state index < -0.39 is 12.0 Å². The zero-order valence-corrected chi connectivity index (χ0v) is 11.0. The highest BCUT2D eigenvalue weighted by Gasteiger charge is 2.18. The maximum atomic E-state index is 12.2. The fourth-order valence-electron chi connectivity index (χ4n) is 2.00. The predicted molar refractivity (Wildman–Crippen MR) is 76.8 cm³/mol. The number of carbonyl (C=O) groups is 2.